The van der Waals surface area contributed by atoms with Crippen LogP contribution in [0.5, 0.6) is 0 Å². The SMILES string of the molecule is Cl.NC(=O)[C@]1(NCCCN2CCOCC2)C[C@@H]1c1c[nH]cn1. The summed E-state index contributed by atoms with van der Waals surface area (Å²) in [5.74, 6) is -0.175. The second kappa shape index (κ2) is 7.41. The second-order valence-electron chi connectivity index (χ2n) is 5.82. The van der Waals surface area contributed by atoms with Crippen molar-refractivity contribution in [2.45, 2.75) is 24.3 Å². The van der Waals surface area contributed by atoms with E-state index >= 15 is 0 Å². The lowest BCUT2D eigenvalue weighted by atomic mass is 10.1. The molecule has 4 N–H and O–H groups in total. The number of hydrogen-bond acceptors (Lipinski definition) is 5. The third-order valence-corrected chi connectivity index (χ3v) is 4.47. The highest BCUT2D eigenvalue weighted by atomic mass is 35.5. The van der Waals surface area contributed by atoms with Crippen LogP contribution >= 0.6 is 12.4 Å². The molecule has 3 rings (SSSR count). The van der Waals surface area contributed by atoms with Gasteiger partial charge in [-0.25, -0.2) is 4.98 Å². The first-order valence-corrected chi connectivity index (χ1v) is 7.56. The first kappa shape index (κ1) is 17.2. The monoisotopic (exact) mass is 329 g/mol. The molecule has 2 heterocycles. The Kier molecular flexibility index (Phi) is 5.80. The molecule has 7 nitrogen and oxygen atoms in total. The van der Waals surface area contributed by atoms with Gasteiger partial charge in [-0.1, -0.05) is 0 Å². The number of primary amides is 1. The number of nitrogens with one attached hydrogen (secondary N) is 2. The van der Waals surface area contributed by atoms with E-state index in [2.05, 4.69) is 20.2 Å². The van der Waals surface area contributed by atoms with Crippen LogP contribution in [0.2, 0.25) is 0 Å². The molecule has 1 saturated heterocycles. The van der Waals surface area contributed by atoms with Crippen LogP contribution in [-0.2, 0) is 9.53 Å². The lowest BCUT2D eigenvalue weighted by Crippen LogP contribution is -2.46. The molecule has 1 aliphatic heterocycles. The zero-order valence-electron chi connectivity index (χ0n) is 12.6. The van der Waals surface area contributed by atoms with Crippen molar-refractivity contribution in [2.75, 3.05) is 39.4 Å². The van der Waals surface area contributed by atoms with Gasteiger partial charge in [0.2, 0.25) is 5.91 Å². The maximum absolute atomic E-state index is 11.8. The van der Waals surface area contributed by atoms with Gasteiger partial charge in [0.05, 0.1) is 25.2 Å². The van der Waals surface area contributed by atoms with E-state index in [0.29, 0.717) is 0 Å². The van der Waals surface area contributed by atoms with Crippen LogP contribution in [0.1, 0.15) is 24.5 Å². The topological polar surface area (TPSA) is 96.3 Å². The van der Waals surface area contributed by atoms with Crippen LogP contribution in [0.15, 0.2) is 12.5 Å². The molecule has 2 aliphatic rings. The van der Waals surface area contributed by atoms with E-state index in [0.717, 1.165) is 57.9 Å². The second-order valence-corrected chi connectivity index (χ2v) is 5.82. The van der Waals surface area contributed by atoms with Crippen molar-refractivity contribution in [1.82, 2.24) is 20.2 Å². The van der Waals surface area contributed by atoms with E-state index in [1.807, 2.05) is 6.20 Å². The molecule has 0 unspecified atom stereocenters. The van der Waals surface area contributed by atoms with Crippen LogP contribution in [0.3, 0.4) is 0 Å². The van der Waals surface area contributed by atoms with Crippen LogP contribution < -0.4 is 11.1 Å². The molecule has 0 aromatic carbocycles. The fraction of sp³-hybridized carbons (Fsp3) is 0.714. The lowest BCUT2D eigenvalue weighted by Gasteiger charge is -2.26. The number of halogens is 1. The predicted molar refractivity (Wildman–Crippen MR) is 85.0 cm³/mol. The van der Waals surface area contributed by atoms with Crippen molar-refractivity contribution in [2.24, 2.45) is 5.73 Å². The van der Waals surface area contributed by atoms with Gasteiger partial charge >= 0.3 is 0 Å². The normalized spacial score (nSPS) is 28.1. The number of ether oxygens (including phenoxy) is 1. The number of hydrogen-bond donors (Lipinski definition) is 3. The Labute approximate surface area is 136 Å². The smallest absolute Gasteiger partial charge is 0.238 e. The summed E-state index contributed by atoms with van der Waals surface area (Å²) in [5.41, 5.74) is 5.90. The van der Waals surface area contributed by atoms with Gasteiger partial charge in [-0.05, 0) is 25.9 Å². The van der Waals surface area contributed by atoms with Crippen molar-refractivity contribution in [3.63, 3.8) is 0 Å². The first-order chi connectivity index (χ1) is 10.2. The molecule has 2 atom stereocenters. The average molecular weight is 330 g/mol. The van der Waals surface area contributed by atoms with Crippen molar-refractivity contribution in [3.8, 4) is 0 Å². The van der Waals surface area contributed by atoms with Crippen molar-refractivity contribution in [1.29, 1.82) is 0 Å². The number of nitrogens with zero attached hydrogens (tertiary/aromatic N) is 2. The van der Waals surface area contributed by atoms with E-state index < -0.39 is 5.54 Å². The van der Waals surface area contributed by atoms with Gasteiger partial charge in [0.1, 0.15) is 5.54 Å². The maximum Gasteiger partial charge on any atom is 0.238 e. The Morgan fingerprint density at radius 1 is 1.55 bits per heavy atom. The third kappa shape index (κ3) is 3.60. The fourth-order valence-electron chi connectivity index (χ4n) is 3.08. The summed E-state index contributed by atoms with van der Waals surface area (Å²) in [6.07, 6.45) is 5.22. The number of carbonyl (C=O) groups excluding carboxylic acids is 1. The molecule has 1 aliphatic carbocycles. The Bertz CT molecular complexity index is 478. The number of aromatic nitrogens is 2. The number of H-pyrrole nitrogens is 1. The minimum absolute atomic E-state index is 0. The number of nitrogens with two attached hydrogens (primary N) is 1. The highest BCUT2D eigenvalue weighted by Gasteiger charge is 2.60. The molecular formula is C14H24ClN5O2. The van der Waals surface area contributed by atoms with E-state index in [-0.39, 0.29) is 24.2 Å². The summed E-state index contributed by atoms with van der Waals surface area (Å²) < 4.78 is 5.33. The lowest BCUT2D eigenvalue weighted by molar-refractivity contribution is -0.121. The summed E-state index contributed by atoms with van der Waals surface area (Å²) in [7, 11) is 0. The van der Waals surface area contributed by atoms with Gasteiger partial charge in [-0.15, -0.1) is 12.4 Å². The van der Waals surface area contributed by atoms with Gasteiger partial charge in [-0.2, -0.15) is 0 Å². The highest BCUT2D eigenvalue weighted by molar-refractivity contribution is 5.90. The molecule has 124 valence electrons. The van der Waals surface area contributed by atoms with E-state index in [1.165, 1.54) is 0 Å². The van der Waals surface area contributed by atoms with Crippen molar-refractivity contribution in [3.05, 3.63) is 18.2 Å². The zero-order valence-corrected chi connectivity index (χ0v) is 13.4. The minimum Gasteiger partial charge on any atom is -0.379 e. The van der Waals surface area contributed by atoms with E-state index in [9.17, 15) is 4.79 Å². The van der Waals surface area contributed by atoms with Gasteiger partial charge in [-0.3, -0.25) is 9.69 Å². The molecule has 2 fully saturated rings. The summed E-state index contributed by atoms with van der Waals surface area (Å²) in [6.45, 7) is 5.45. The molecule has 0 bridgehead atoms. The van der Waals surface area contributed by atoms with Crippen molar-refractivity contribution >= 4 is 18.3 Å². The molecule has 1 saturated carbocycles. The quantitative estimate of drug-likeness (QED) is 0.605. The third-order valence-electron chi connectivity index (χ3n) is 4.47. The molecule has 1 aromatic rings. The molecule has 1 amide bonds. The predicted octanol–water partition coefficient (Wildman–Crippen LogP) is -0.145. The molecular weight excluding hydrogens is 306 g/mol. The van der Waals surface area contributed by atoms with Crippen LogP contribution in [0.25, 0.3) is 0 Å². The van der Waals surface area contributed by atoms with Gasteiger partial charge < -0.3 is 20.8 Å². The molecule has 0 spiro atoms. The number of imidazole rings is 1. The highest BCUT2D eigenvalue weighted by Crippen LogP contribution is 2.50. The standard InChI is InChI=1S/C14H23N5O2.ClH/c15-13(20)14(8-11(14)12-9-16-10-17-12)18-2-1-3-19-4-6-21-7-5-19;/h9-11,18H,1-8H2,(H2,15,20)(H,16,17);1H/t11-,14+;/m1./s1. The number of carbonyl (C=O) groups is 1. The molecule has 22 heavy (non-hydrogen) atoms. The average Bonchev–Trinajstić information content (AvgIpc) is 2.99. The van der Waals surface area contributed by atoms with Gasteiger partial charge in [0, 0.05) is 25.2 Å². The first-order valence-electron chi connectivity index (χ1n) is 7.56. The number of amides is 1. The Hall–Kier alpha value is -1.15. The van der Waals surface area contributed by atoms with Crippen LogP contribution in [0, 0.1) is 0 Å². The minimum atomic E-state index is -0.597. The Morgan fingerprint density at radius 2 is 2.32 bits per heavy atom. The Balaban J connectivity index is 0.00000176. The number of morpholine rings is 1. The van der Waals surface area contributed by atoms with Gasteiger partial charge in [0.25, 0.3) is 0 Å². The van der Waals surface area contributed by atoms with Crippen LogP contribution in [0.4, 0.5) is 0 Å². The maximum atomic E-state index is 11.8. The molecule has 8 heteroatoms. The summed E-state index contributed by atoms with van der Waals surface area (Å²) in [5, 5.41) is 3.36. The zero-order chi connectivity index (χ0) is 14.7. The Morgan fingerprint density at radius 3 is 2.95 bits per heavy atom. The van der Waals surface area contributed by atoms with Crippen LogP contribution in [-0.4, -0.2) is 65.7 Å². The van der Waals surface area contributed by atoms with E-state index in [4.69, 9.17) is 10.5 Å². The summed E-state index contributed by atoms with van der Waals surface area (Å²) in [6, 6.07) is 0. The summed E-state index contributed by atoms with van der Waals surface area (Å²) >= 11 is 0. The molecule has 0 radical (unpaired) electrons. The number of aromatic amines is 1. The van der Waals surface area contributed by atoms with Gasteiger partial charge in [0.15, 0.2) is 0 Å². The van der Waals surface area contributed by atoms with Crippen molar-refractivity contribution < 1.29 is 9.53 Å². The number of rotatable bonds is 7. The summed E-state index contributed by atoms with van der Waals surface area (Å²) in [4.78, 5) is 21.3. The van der Waals surface area contributed by atoms with E-state index in [1.54, 1.807) is 6.33 Å². The molecule has 1 aromatic heterocycles. The fourth-order valence-corrected chi connectivity index (χ4v) is 3.08. The largest absolute Gasteiger partial charge is 0.379 e.